The van der Waals surface area contributed by atoms with Crippen LogP contribution in [0.5, 0.6) is 0 Å². The van der Waals surface area contributed by atoms with E-state index in [4.69, 9.17) is 4.98 Å². The topological polar surface area (TPSA) is 33.1 Å². The van der Waals surface area contributed by atoms with Gasteiger partial charge in [-0.2, -0.15) is 0 Å². The van der Waals surface area contributed by atoms with Crippen LogP contribution in [0.15, 0.2) is 0 Å². The molecule has 0 saturated carbocycles. The summed E-state index contributed by atoms with van der Waals surface area (Å²) in [6.45, 7) is 6.99. The van der Waals surface area contributed by atoms with Gasteiger partial charge in [-0.25, -0.2) is 0 Å². The first-order valence-corrected chi connectivity index (χ1v) is 99.8. The van der Waals surface area contributed by atoms with Gasteiger partial charge in [0.1, 0.15) is 0 Å². The molecule has 0 saturated heterocycles. The Bertz CT molecular complexity index is 790. The van der Waals surface area contributed by atoms with Crippen LogP contribution in [0, 0.1) is 6.92 Å². The molecule has 2 heterocycles. The number of hydrazine groups is 1. The van der Waals surface area contributed by atoms with Crippen molar-refractivity contribution >= 4 is 255 Å². The van der Waals surface area contributed by atoms with Crippen LogP contribution in [0.2, 0.25) is 0 Å². The van der Waals surface area contributed by atoms with Gasteiger partial charge in [0.25, 0.3) is 0 Å². The molecule has 1 aromatic heterocycles. The minimum absolute atomic E-state index is 0.251. The Morgan fingerprint density at radius 3 is 1.94 bits per heavy atom. The van der Waals surface area contributed by atoms with E-state index in [1.54, 1.807) is 5.69 Å². The molecule has 0 fully saturated rings. The van der Waals surface area contributed by atoms with E-state index in [0.717, 1.165) is 0 Å². The second-order valence-corrected chi connectivity index (χ2v) is 237. The van der Waals surface area contributed by atoms with Crippen LogP contribution in [-0.4, -0.2) is 17.1 Å². The van der Waals surface area contributed by atoms with Gasteiger partial charge in [0, 0.05) is 0 Å². The Morgan fingerprint density at radius 1 is 0.969 bits per heavy atom. The van der Waals surface area contributed by atoms with Gasteiger partial charge in [0.15, 0.2) is 0 Å². The fourth-order valence-electron chi connectivity index (χ4n) is 2.75. The molecule has 2 atom stereocenters. The second kappa shape index (κ2) is 18.6. The summed E-state index contributed by atoms with van der Waals surface area (Å²) in [6, 6.07) is 0.435. The predicted octanol–water partition coefficient (Wildman–Crippen LogP) is 8.64. The summed E-state index contributed by atoms with van der Waals surface area (Å²) in [7, 11) is 0.470. The Hall–Kier alpha value is 12.1. The zero-order valence-electron chi connectivity index (χ0n) is 15.7. The third-order valence-electron chi connectivity index (χ3n) is 4.06. The molecule has 0 spiro atoms. The number of aryl methyl sites for hydroxylation is 1. The number of alkyl halides is 4. The van der Waals surface area contributed by atoms with Crippen LogP contribution in [0.3, 0.4) is 0 Å². The molecule has 1 aliphatic rings. The predicted molar refractivity (Wildman–Crippen MR) is 277 cm³/mol. The Balaban J connectivity index is 3.19. The van der Waals surface area contributed by atoms with E-state index in [9.17, 15) is 0 Å². The molecular weight excluding hydrogens is 2460 g/mol. The van der Waals surface area contributed by atoms with E-state index in [2.05, 4.69) is 229 Å². The van der Waals surface area contributed by atoms with Gasteiger partial charge in [0.05, 0.1) is 0 Å². The molecular formula is C10H14I18N4-2. The normalized spacial score (nSPS) is 26.3. The first kappa shape index (κ1) is 40.3. The van der Waals surface area contributed by atoms with Crippen molar-refractivity contribution in [1.82, 2.24) is 15.0 Å². The van der Waals surface area contributed by atoms with Crippen LogP contribution >= 0.6 is 249 Å². The van der Waals surface area contributed by atoms with Crippen LogP contribution < -0.4 is 36.9 Å². The summed E-state index contributed by atoms with van der Waals surface area (Å²) in [4.78, 5) is 5.31. The molecule has 22 heteroatoms. The van der Waals surface area contributed by atoms with E-state index < -0.39 is 63.3 Å². The Kier molecular flexibility index (Phi) is 23.4. The first-order valence-electron chi connectivity index (χ1n) is 7.46. The summed E-state index contributed by atoms with van der Waals surface area (Å²) in [6.07, 6.45) is 0. The van der Waals surface area contributed by atoms with Crippen LogP contribution in [0.25, 0.3) is 0 Å². The zero-order chi connectivity index (χ0) is 24.8. The molecule has 0 radical (unpaired) electrons. The Morgan fingerprint density at radius 2 is 1.53 bits per heavy atom. The quantitative estimate of drug-likeness (QED) is 0.153. The van der Waals surface area contributed by atoms with Gasteiger partial charge < -0.3 is 0 Å². The maximum absolute atomic E-state index is 5.31. The van der Waals surface area contributed by atoms with E-state index in [1.165, 1.54) is 11.6 Å². The molecule has 4 nitrogen and oxygen atoms in total. The van der Waals surface area contributed by atoms with Gasteiger partial charge in [-0.3, -0.25) is 0 Å². The first-order chi connectivity index (χ1) is 14.8. The maximum atomic E-state index is 5.31. The van der Waals surface area contributed by atoms with Crippen molar-refractivity contribution in [2.45, 2.75) is 29.8 Å². The third-order valence-corrected chi connectivity index (χ3v) is 433. The summed E-state index contributed by atoms with van der Waals surface area (Å²) in [5.74, 6) is 2.55. The summed E-state index contributed by atoms with van der Waals surface area (Å²) in [5.41, 5.74) is 6.26. The van der Waals surface area contributed by atoms with Crippen LogP contribution in [0.4, 0.5) is 5.82 Å². The number of nitrogens with one attached hydrogen (secondary N) is 1. The molecule has 1 aromatic rings. The number of nitrogens with zero attached hydrogens (tertiary/aromatic N) is 3. The number of hydrogen-bond donors (Lipinski definition) is 1. The van der Waals surface area contributed by atoms with Crippen molar-refractivity contribution in [2.24, 2.45) is 7.05 Å². The van der Waals surface area contributed by atoms with Gasteiger partial charge in [0.2, 0.25) is 0 Å². The molecule has 32 heavy (non-hydrogen) atoms. The molecule has 0 aromatic carbocycles. The number of imidazole rings is 1. The van der Waals surface area contributed by atoms with Crippen LogP contribution in [0.1, 0.15) is 25.4 Å². The third kappa shape index (κ3) is 8.39. The standard InChI is InChI=1S/C10H14I18N4/c1-5(2)32-8-7(31(4)6(3)29-8)9(25(16)27(18)19,26(17)28(20)22-12)10(30-32,23(13)14)24(15)21-11/h5,30H,1-4H3/q-2. The van der Waals surface area contributed by atoms with Gasteiger partial charge >= 0.3 is 350 Å². The van der Waals surface area contributed by atoms with Crippen molar-refractivity contribution in [1.29, 1.82) is 0 Å². The molecule has 2 unspecified atom stereocenters. The molecule has 202 valence electrons. The van der Waals surface area contributed by atoms with E-state index in [0.29, 0.717) is 22.3 Å². The molecule has 0 bridgehead atoms. The second-order valence-electron chi connectivity index (χ2n) is 5.83. The van der Waals surface area contributed by atoms with Crippen molar-refractivity contribution < 1.29 is 26.5 Å². The number of halogens is 18. The summed E-state index contributed by atoms with van der Waals surface area (Å²) < 4.78 is 3.58. The fourth-order valence-corrected chi connectivity index (χ4v) is 520. The molecule has 0 amide bonds. The number of aromatic nitrogens is 2. The van der Waals surface area contributed by atoms with E-state index in [1.807, 2.05) is 0 Å². The van der Waals surface area contributed by atoms with Crippen molar-refractivity contribution in [3.8, 4) is 0 Å². The number of anilines is 1. The summed E-state index contributed by atoms with van der Waals surface area (Å²) in [5, 5.41) is 2.56. The van der Waals surface area contributed by atoms with Crippen molar-refractivity contribution in [3.63, 3.8) is 0 Å². The fraction of sp³-hybridized carbons (Fsp3) is 0.700. The van der Waals surface area contributed by atoms with Gasteiger partial charge in [-0.05, 0) is 0 Å². The van der Waals surface area contributed by atoms with Gasteiger partial charge in [-0.15, -0.1) is 0 Å². The average molecular weight is 2470 g/mol. The molecule has 1 N–H and O–H groups in total. The SMILES string of the molecule is Cc1nc2c(n1C)C(I(I)I(I)I)(I(I)I(I)[I-]I)C(I(I)I)(I(I)[I-]I)NN2C(C)C. The number of rotatable bonds is 9. The van der Waals surface area contributed by atoms with Crippen molar-refractivity contribution in [2.75, 3.05) is 5.01 Å². The van der Waals surface area contributed by atoms with Gasteiger partial charge in [-0.1, -0.05) is 0 Å². The van der Waals surface area contributed by atoms with Crippen molar-refractivity contribution in [3.05, 3.63) is 11.5 Å². The number of hydrogen-bond acceptors (Lipinski definition) is 3. The molecule has 1 aliphatic heterocycles. The molecule has 0 aliphatic carbocycles. The minimum atomic E-state index is -1.31. The number of fused-ring (bicyclic) bond motifs is 1. The van der Waals surface area contributed by atoms with E-state index in [-0.39, 0.29) is 13.3 Å². The average Bonchev–Trinajstić information content (AvgIpc) is 3.04. The van der Waals surface area contributed by atoms with Crippen LogP contribution in [-0.2, 0) is 8.48 Å². The zero-order valence-corrected chi connectivity index (χ0v) is 54.6. The monoisotopic (exact) mass is 2470 g/mol. The Labute approximate surface area is 336 Å². The summed E-state index contributed by atoms with van der Waals surface area (Å²) >= 11 is 25.7. The van der Waals surface area contributed by atoms with E-state index >= 15 is 0 Å². The molecule has 2 rings (SSSR count).